The number of hydrogen-bond acceptors (Lipinski definition) is 3. The second-order valence-corrected chi connectivity index (χ2v) is 6.65. The smallest absolute Gasteiger partial charge is 0.108 e. The monoisotopic (exact) mass is 315 g/mol. The highest BCUT2D eigenvalue weighted by Crippen LogP contribution is 2.29. The van der Waals surface area contributed by atoms with Crippen molar-refractivity contribution >= 4 is 22.9 Å². The van der Waals surface area contributed by atoms with Gasteiger partial charge < -0.3 is 15.1 Å². The first-order valence-electron chi connectivity index (χ1n) is 8.26. The lowest BCUT2D eigenvalue weighted by atomic mass is 9.94. The molecule has 0 unspecified atom stereocenters. The Morgan fingerprint density at radius 2 is 1.68 bits per heavy atom. The first kappa shape index (κ1) is 15.5. The van der Waals surface area contributed by atoms with E-state index < -0.39 is 0 Å². The van der Waals surface area contributed by atoms with E-state index >= 15 is 0 Å². The van der Waals surface area contributed by atoms with Gasteiger partial charge >= 0.3 is 0 Å². The summed E-state index contributed by atoms with van der Waals surface area (Å²) in [5.41, 5.74) is 3.95. The number of nitrogens with zero attached hydrogens (tertiary/aromatic N) is 2. The summed E-state index contributed by atoms with van der Waals surface area (Å²) in [4.78, 5) is 5.88. The zero-order valence-corrected chi connectivity index (χ0v) is 14.2. The van der Waals surface area contributed by atoms with Gasteiger partial charge in [0.1, 0.15) is 4.99 Å². The van der Waals surface area contributed by atoms with Crippen LogP contribution in [-0.4, -0.2) is 48.0 Å². The number of para-hydroxylation sites is 1. The minimum absolute atomic E-state index is 0.917. The molecule has 2 aliphatic rings. The predicted molar refractivity (Wildman–Crippen MR) is 97.2 cm³/mol. The maximum absolute atomic E-state index is 5.72. The summed E-state index contributed by atoms with van der Waals surface area (Å²) in [5.74, 6) is 0. The summed E-state index contributed by atoms with van der Waals surface area (Å²) in [5, 5.41) is 3.43. The Balaban J connectivity index is 1.76. The van der Waals surface area contributed by atoms with Gasteiger partial charge in [-0.25, -0.2) is 0 Å². The SMILES string of the molecule is CN1CCN(C2=C(C(=S)Nc3ccccc3)CCCC2)CC1. The van der Waals surface area contributed by atoms with Gasteiger partial charge in [0.15, 0.2) is 0 Å². The minimum Gasteiger partial charge on any atom is -0.372 e. The molecule has 4 heteroatoms. The van der Waals surface area contributed by atoms with Crippen LogP contribution in [0.3, 0.4) is 0 Å². The Kier molecular flexibility index (Phi) is 5.11. The third kappa shape index (κ3) is 3.68. The van der Waals surface area contributed by atoms with Gasteiger partial charge in [0.2, 0.25) is 0 Å². The summed E-state index contributed by atoms with van der Waals surface area (Å²) in [6.45, 7) is 4.55. The van der Waals surface area contributed by atoms with Crippen LogP contribution in [0.4, 0.5) is 5.69 Å². The number of hydrogen-bond donors (Lipinski definition) is 1. The van der Waals surface area contributed by atoms with Crippen LogP contribution in [0, 0.1) is 0 Å². The summed E-state index contributed by atoms with van der Waals surface area (Å²) >= 11 is 5.72. The first-order chi connectivity index (χ1) is 10.7. The van der Waals surface area contributed by atoms with Crippen molar-refractivity contribution in [2.75, 3.05) is 38.5 Å². The molecular weight excluding hydrogens is 290 g/mol. The number of anilines is 1. The number of benzene rings is 1. The third-order valence-corrected chi connectivity index (χ3v) is 4.98. The van der Waals surface area contributed by atoms with Crippen LogP contribution in [0.5, 0.6) is 0 Å². The molecule has 1 aliphatic carbocycles. The lowest BCUT2D eigenvalue weighted by Crippen LogP contribution is -2.44. The molecular formula is C18H25N3S. The second kappa shape index (κ2) is 7.25. The fourth-order valence-corrected chi connectivity index (χ4v) is 3.63. The van der Waals surface area contributed by atoms with E-state index in [4.69, 9.17) is 12.2 Å². The van der Waals surface area contributed by atoms with Crippen molar-refractivity contribution in [2.45, 2.75) is 25.7 Å². The molecule has 0 bridgehead atoms. The second-order valence-electron chi connectivity index (χ2n) is 6.24. The lowest BCUT2D eigenvalue weighted by molar-refractivity contribution is 0.179. The summed E-state index contributed by atoms with van der Waals surface area (Å²) in [6, 6.07) is 10.3. The number of thiocarbonyl (C=S) groups is 1. The zero-order chi connectivity index (χ0) is 15.4. The molecule has 0 saturated carbocycles. The van der Waals surface area contributed by atoms with Gasteiger partial charge in [-0.15, -0.1) is 0 Å². The van der Waals surface area contributed by atoms with Crippen molar-refractivity contribution in [3.63, 3.8) is 0 Å². The van der Waals surface area contributed by atoms with Gasteiger partial charge in [-0.3, -0.25) is 0 Å². The van der Waals surface area contributed by atoms with E-state index in [9.17, 15) is 0 Å². The van der Waals surface area contributed by atoms with Gasteiger partial charge in [0.05, 0.1) is 0 Å². The molecule has 0 amide bonds. The van der Waals surface area contributed by atoms with Crippen LogP contribution in [0.1, 0.15) is 25.7 Å². The fourth-order valence-electron chi connectivity index (χ4n) is 3.29. The molecule has 3 nitrogen and oxygen atoms in total. The quantitative estimate of drug-likeness (QED) is 0.860. The van der Waals surface area contributed by atoms with Crippen molar-refractivity contribution in [2.24, 2.45) is 0 Å². The van der Waals surface area contributed by atoms with E-state index in [1.165, 1.54) is 30.5 Å². The highest BCUT2D eigenvalue weighted by atomic mass is 32.1. The molecule has 0 spiro atoms. The molecule has 0 radical (unpaired) electrons. The van der Waals surface area contributed by atoms with Crippen molar-refractivity contribution in [3.8, 4) is 0 Å². The Morgan fingerprint density at radius 3 is 2.41 bits per heavy atom. The Hall–Kier alpha value is -1.39. The van der Waals surface area contributed by atoms with Gasteiger partial charge in [-0.2, -0.15) is 0 Å². The third-order valence-electron chi connectivity index (χ3n) is 4.63. The van der Waals surface area contributed by atoms with Crippen molar-refractivity contribution in [1.82, 2.24) is 9.80 Å². The average molecular weight is 315 g/mol. The van der Waals surface area contributed by atoms with E-state index in [-0.39, 0.29) is 0 Å². The van der Waals surface area contributed by atoms with Crippen LogP contribution in [0.15, 0.2) is 41.6 Å². The number of allylic oxidation sites excluding steroid dienone is 1. The topological polar surface area (TPSA) is 18.5 Å². The molecule has 0 atom stereocenters. The standard InChI is InChI=1S/C18H25N3S/c1-20-11-13-21(14-12-20)17-10-6-5-9-16(17)18(22)19-15-7-3-2-4-8-15/h2-4,7-8H,5-6,9-14H2,1H3,(H,19,22). The normalized spacial score (nSPS) is 20.1. The van der Waals surface area contributed by atoms with Crippen LogP contribution >= 0.6 is 12.2 Å². The molecule has 1 N–H and O–H groups in total. The van der Waals surface area contributed by atoms with Crippen molar-refractivity contribution < 1.29 is 0 Å². The Labute approximate surface area is 139 Å². The number of piperazine rings is 1. The summed E-state index contributed by atoms with van der Waals surface area (Å²) < 4.78 is 0. The summed E-state index contributed by atoms with van der Waals surface area (Å²) in [6.07, 6.45) is 4.83. The van der Waals surface area contributed by atoms with Gasteiger partial charge in [-0.05, 0) is 44.9 Å². The predicted octanol–water partition coefficient (Wildman–Crippen LogP) is 3.50. The van der Waals surface area contributed by atoms with Gasteiger partial charge in [0.25, 0.3) is 0 Å². The molecule has 1 aliphatic heterocycles. The molecule has 1 aromatic carbocycles. The van der Waals surface area contributed by atoms with Gasteiger partial charge in [0, 0.05) is 43.1 Å². The highest BCUT2D eigenvalue weighted by Gasteiger charge is 2.23. The zero-order valence-electron chi connectivity index (χ0n) is 13.3. The van der Waals surface area contributed by atoms with Crippen LogP contribution in [0.2, 0.25) is 0 Å². The maximum atomic E-state index is 5.72. The molecule has 1 fully saturated rings. The van der Waals surface area contributed by atoms with Crippen LogP contribution in [-0.2, 0) is 0 Å². The maximum Gasteiger partial charge on any atom is 0.108 e. The number of likely N-dealkylation sites (N-methyl/N-ethyl adjacent to an activating group) is 1. The molecule has 1 heterocycles. The largest absolute Gasteiger partial charge is 0.372 e. The molecule has 1 aromatic rings. The molecule has 0 aromatic heterocycles. The molecule has 118 valence electrons. The summed E-state index contributed by atoms with van der Waals surface area (Å²) in [7, 11) is 2.20. The van der Waals surface area contributed by atoms with E-state index in [1.807, 2.05) is 18.2 Å². The Morgan fingerprint density at radius 1 is 1.00 bits per heavy atom. The number of nitrogens with one attached hydrogen (secondary N) is 1. The van der Waals surface area contributed by atoms with E-state index in [1.54, 1.807) is 0 Å². The van der Waals surface area contributed by atoms with Gasteiger partial charge in [-0.1, -0.05) is 30.4 Å². The fraction of sp³-hybridized carbons (Fsp3) is 0.500. The first-order valence-corrected chi connectivity index (χ1v) is 8.67. The van der Waals surface area contributed by atoms with Crippen LogP contribution in [0.25, 0.3) is 0 Å². The van der Waals surface area contributed by atoms with E-state index in [0.717, 1.165) is 43.3 Å². The van der Waals surface area contributed by atoms with Crippen molar-refractivity contribution in [3.05, 3.63) is 41.6 Å². The Bertz CT molecular complexity index is 545. The molecule has 3 rings (SSSR count). The van der Waals surface area contributed by atoms with Crippen LogP contribution < -0.4 is 5.32 Å². The minimum atomic E-state index is 0.917. The average Bonchev–Trinajstić information content (AvgIpc) is 2.56. The number of rotatable bonds is 3. The van der Waals surface area contributed by atoms with E-state index in [0.29, 0.717) is 0 Å². The lowest BCUT2D eigenvalue weighted by Gasteiger charge is -2.38. The molecule has 22 heavy (non-hydrogen) atoms. The highest BCUT2D eigenvalue weighted by molar-refractivity contribution is 7.81. The van der Waals surface area contributed by atoms with Crippen molar-refractivity contribution in [1.29, 1.82) is 0 Å². The van der Waals surface area contributed by atoms with E-state index in [2.05, 4.69) is 34.3 Å². The molecule has 1 saturated heterocycles.